The van der Waals surface area contributed by atoms with Gasteiger partial charge in [-0.15, -0.1) is 0 Å². The van der Waals surface area contributed by atoms with Gasteiger partial charge < -0.3 is 15.2 Å². The summed E-state index contributed by atoms with van der Waals surface area (Å²) in [7, 11) is 0. The maximum Gasteiger partial charge on any atom is 0.132 e. The molecule has 1 heterocycles. The molecule has 1 aromatic heterocycles. The number of aliphatic hydroxyl groups excluding tert-OH is 1. The number of hydrogen-bond donors (Lipinski definition) is 2. The molecule has 124 valence electrons. The molecular formula is C19H19ClN2O2. The zero-order valence-electron chi connectivity index (χ0n) is 13.2. The highest BCUT2D eigenvalue weighted by atomic mass is 35.5. The standard InChI is InChI=1S/C19H19ClN2O2/c20-17-7-5-14(6-8-17)13-24-10-9-21-19-16(12-23)11-15-3-1-2-4-18(15)22-19/h1-8,11,23H,9-10,12-13H2,(H,21,22). The van der Waals surface area contributed by atoms with Gasteiger partial charge in [-0.25, -0.2) is 4.98 Å². The number of nitrogens with zero attached hydrogens (tertiary/aromatic N) is 1. The van der Waals surface area contributed by atoms with Crippen LogP contribution < -0.4 is 5.32 Å². The molecule has 3 aromatic rings. The van der Waals surface area contributed by atoms with Gasteiger partial charge in [0.1, 0.15) is 5.82 Å². The van der Waals surface area contributed by atoms with Crippen molar-refractivity contribution in [3.8, 4) is 0 Å². The Balaban J connectivity index is 1.54. The Kier molecular flexibility index (Phi) is 5.64. The third-order valence-electron chi connectivity index (χ3n) is 3.69. The average molecular weight is 343 g/mol. The van der Waals surface area contributed by atoms with E-state index in [1.807, 2.05) is 54.6 Å². The second-order valence-electron chi connectivity index (χ2n) is 5.45. The number of fused-ring (bicyclic) bond motifs is 1. The maximum atomic E-state index is 9.53. The molecule has 0 radical (unpaired) electrons. The van der Waals surface area contributed by atoms with Crippen LogP contribution in [0.25, 0.3) is 10.9 Å². The fourth-order valence-electron chi connectivity index (χ4n) is 2.45. The first-order valence-corrected chi connectivity index (χ1v) is 8.19. The van der Waals surface area contributed by atoms with Crippen molar-refractivity contribution >= 4 is 28.3 Å². The minimum atomic E-state index is -0.0498. The molecule has 24 heavy (non-hydrogen) atoms. The normalized spacial score (nSPS) is 10.9. The van der Waals surface area contributed by atoms with Gasteiger partial charge in [-0.05, 0) is 29.8 Å². The van der Waals surface area contributed by atoms with E-state index in [1.165, 1.54) is 0 Å². The minimum absolute atomic E-state index is 0.0498. The number of anilines is 1. The van der Waals surface area contributed by atoms with E-state index in [-0.39, 0.29) is 6.61 Å². The Labute approximate surface area is 146 Å². The number of aliphatic hydroxyl groups is 1. The van der Waals surface area contributed by atoms with E-state index in [9.17, 15) is 5.11 Å². The number of aromatic nitrogens is 1. The lowest BCUT2D eigenvalue weighted by Gasteiger charge is -2.11. The van der Waals surface area contributed by atoms with Gasteiger partial charge in [0.2, 0.25) is 0 Å². The van der Waals surface area contributed by atoms with Crippen molar-refractivity contribution in [1.29, 1.82) is 0 Å². The number of nitrogens with one attached hydrogen (secondary N) is 1. The van der Waals surface area contributed by atoms with Gasteiger partial charge in [0.25, 0.3) is 0 Å². The zero-order chi connectivity index (χ0) is 16.8. The number of hydrogen-bond acceptors (Lipinski definition) is 4. The predicted molar refractivity (Wildman–Crippen MR) is 97.3 cm³/mol. The van der Waals surface area contributed by atoms with Crippen molar-refractivity contribution in [3.63, 3.8) is 0 Å². The molecule has 0 aliphatic carbocycles. The van der Waals surface area contributed by atoms with Crippen molar-refractivity contribution in [2.45, 2.75) is 13.2 Å². The highest BCUT2D eigenvalue weighted by molar-refractivity contribution is 6.30. The van der Waals surface area contributed by atoms with Crippen LogP contribution in [0.5, 0.6) is 0 Å². The summed E-state index contributed by atoms with van der Waals surface area (Å²) in [6.45, 7) is 1.65. The summed E-state index contributed by atoms with van der Waals surface area (Å²) >= 11 is 5.86. The summed E-state index contributed by atoms with van der Waals surface area (Å²) in [5, 5.41) is 14.5. The Hall–Kier alpha value is -2.14. The van der Waals surface area contributed by atoms with Crippen LogP contribution in [-0.2, 0) is 18.0 Å². The summed E-state index contributed by atoms with van der Waals surface area (Å²) in [6, 6.07) is 17.4. The number of para-hydroxylation sites is 1. The molecule has 5 heteroatoms. The van der Waals surface area contributed by atoms with E-state index < -0.39 is 0 Å². The van der Waals surface area contributed by atoms with Gasteiger partial charge in [-0.1, -0.05) is 41.9 Å². The number of rotatable bonds is 7. The van der Waals surface area contributed by atoms with Crippen molar-refractivity contribution in [2.75, 3.05) is 18.5 Å². The molecule has 0 saturated carbocycles. The molecule has 0 saturated heterocycles. The largest absolute Gasteiger partial charge is 0.392 e. The summed E-state index contributed by atoms with van der Waals surface area (Å²) in [5.41, 5.74) is 2.77. The number of benzene rings is 2. The smallest absolute Gasteiger partial charge is 0.132 e. The molecule has 4 nitrogen and oxygen atoms in total. The fourth-order valence-corrected chi connectivity index (χ4v) is 2.57. The molecule has 0 aliphatic heterocycles. The van der Waals surface area contributed by atoms with Gasteiger partial charge in [0.15, 0.2) is 0 Å². The summed E-state index contributed by atoms with van der Waals surface area (Å²) in [6.07, 6.45) is 0. The SMILES string of the molecule is OCc1cc2ccccc2nc1NCCOCc1ccc(Cl)cc1. The van der Waals surface area contributed by atoms with Crippen LogP contribution in [0.3, 0.4) is 0 Å². The predicted octanol–water partition coefficient (Wildman–Crippen LogP) is 4.01. The lowest BCUT2D eigenvalue weighted by Crippen LogP contribution is -2.12. The minimum Gasteiger partial charge on any atom is -0.392 e. The monoisotopic (exact) mass is 342 g/mol. The van der Waals surface area contributed by atoms with Gasteiger partial charge in [0.05, 0.1) is 25.3 Å². The Morgan fingerprint density at radius 3 is 2.67 bits per heavy atom. The zero-order valence-corrected chi connectivity index (χ0v) is 14.0. The van der Waals surface area contributed by atoms with Crippen LogP contribution in [0, 0.1) is 0 Å². The summed E-state index contributed by atoms with van der Waals surface area (Å²) in [4.78, 5) is 4.57. The summed E-state index contributed by atoms with van der Waals surface area (Å²) < 4.78 is 5.65. The maximum absolute atomic E-state index is 9.53. The van der Waals surface area contributed by atoms with Crippen LogP contribution in [0.2, 0.25) is 5.02 Å². The van der Waals surface area contributed by atoms with E-state index in [0.717, 1.165) is 27.1 Å². The second-order valence-corrected chi connectivity index (χ2v) is 5.89. The first-order valence-electron chi connectivity index (χ1n) is 7.82. The molecular weight excluding hydrogens is 324 g/mol. The Morgan fingerprint density at radius 2 is 1.88 bits per heavy atom. The van der Waals surface area contributed by atoms with Gasteiger partial charge in [-0.3, -0.25) is 0 Å². The van der Waals surface area contributed by atoms with Gasteiger partial charge >= 0.3 is 0 Å². The first kappa shape index (κ1) is 16.7. The fraction of sp³-hybridized carbons (Fsp3) is 0.211. The molecule has 0 atom stereocenters. The third-order valence-corrected chi connectivity index (χ3v) is 3.95. The van der Waals surface area contributed by atoms with Crippen molar-refractivity contribution in [1.82, 2.24) is 4.98 Å². The van der Waals surface area contributed by atoms with Crippen LogP contribution >= 0.6 is 11.6 Å². The first-order chi connectivity index (χ1) is 11.8. The molecule has 0 spiro atoms. The number of pyridine rings is 1. The van der Waals surface area contributed by atoms with E-state index in [0.29, 0.717) is 25.6 Å². The molecule has 0 bridgehead atoms. The lowest BCUT2D eigenvalue weighted by molar-refractivity contribution is 0.130. The van der Waals surface area contributed by atoms with Gasteiger partial charge in [0, 0.05) is 22.5 Å². The topological polar surface area (TPSA) is 54.4 Å². The molecule has 0 amide bonds. The molecule has 0 fully saturated rings. The molecule has 2 N–H and O–H groups in total. The van der Waals surface area contributed by atoms with E-state index in [4.69, 9.17) is 16.3 Å². The molecule has 2 aromatic carbocycles. The van der Waals surface area contributed by atoms with Crippen molar-refractivity contribution < 1.29 is 9.84 Å². The molecule has 0 aliphatic rings. The Morgan fingerprint density at radius 1 is 1.08 bits per heavy atom. The quantitative estimate of drug-likeness (QED) is 0.637. The van der Waals surface area contributed by atoms with Crippen LogP contribution in [-0.4, -0.2) is 23.2 Å². The van der Waals surface area contributed by atoms with Crippen LogP contribution in [0.1, 0.15) is 11.1 Å². The van der Waals surface area contributed by atoms with Crippen LogP contribution in [0.4, 0.5) is 5.82 Å². The molecule has 3 rings (SSSR count). The summed E-state index contributed by atoms with van der Waals surface area (Å²) in [5.74, 6) is 0.700. The van der Waals surface area contributed by atoms with E-state index >= 15 is 0 Å². The highest BCUT2D eigenvalue weighted by Crippen LogP contribution is 2.20. The van der Waals surface area contributed by atoms with Crippen LogP contribution in [0.15, 0.2) is 54.6 Å². The number of ether oxygens (including phenoxy) is 1. The van der Waals surface area contributed by atoms with Gasteiger partial charge in [-0.2, -0.15) is 0 Å². The Bertz CT molecular complexity index is 806. The van der Waals surface area contributed by atoms with E-state index in [2.05, 4.69) is 10.3 Å². The van der Waals surface area contributed by atoms with Crippen molar-refractivity contribution in [3.05, 3.63) is 70.7 Å². The molecule has 0 unspecified atom stereocenters. The third kappa shape index (κ3) is 4.23. The second kappa shape index (κ2) is 8.11. The van der Waals surface area contributed by atoms with E-state index in [1.54, 1.807) is 0 Å². The highest BCUT2D eigenvalue weighted by Gasteiger charge is 2.05. The average Bonchev–Trinajstić information content (AvgIpc) is 2.62. The lowest BCUT2D eigenvalue weighted by atomic mass is 10.1. The van der Waals surface area contributed by atoms with Crippen molar-refractivity contribution in [2.24, 2.45) is 0 Å². The number of halogens is 1.